The van der Waals surface area contributed by atoms with Gasteiger partial charge in [0.1, 0.15) is 0 Å². The molecule has 1 saturated heterocycles. The van der Waals surface area contributed by atoms with Crippen molar-refractivity contribution in [3.63, 3.8) is 0 Å². The molecule has 1 fully saturated rings. The van der Waals surface area contributed by atoms with Gasteiger partial charge in [-0.25, -0.2) is 0 Å². The summed E-state index contributed by atoms with van der Waals surface area (Å²) in [6, 6.07) is 0.363. The Morgan fingerprint density at radius 1 is 1.44 bits per heavy atom. The van der Waals surface area contributed by atoms with Crippen molar-refractivity contribution in [1.29, 1.82) is 0 Å². The number of nitrogens with zero attached hydrogens (tertiary/aromatic N) is 3. The summed E-state index contributed by atoms with van der Waals surface area (Å²) in [7, 11) is 0. The maximum atomic E-state index is 5.79. The number of hydrogen-bond acceptors (Lipinski definition) is 3. The summed E-state index contributed by atoms with van der Waals surface area (Å²) < 4.78 is 3.27. The molecule has 0 unspecified atom stereocenters. The zero-order valence-electron chi connectivity index (χ0n) is 9.91. The van der Waals surface area contributed by atoms with Crippen LogP contribution >= 0.6 is 15.9 Å². The topological polar surface area (TPSA) is 47.1 Å². The molecule has 5 heteroatoms. The Balaban J connectivity index is 2.15. The molecular weight excluding hydrogens is 268 g/mol. The van der Waals surface area contributed by atoms with Gasteiger partial charge in [0.2, 0.25) is 0 Å². The molecule has 0 saturated carbocycles. The number of aromatic nitrogens is 2. The highest BCUT2D eigenvalue weighted by Crippen LogP contribution is 2.24. The lowest BCUT2D eigenvalue weighted by Crippen LogP contribution is -2.55. The van der Waals surface area contributed by atoms with E-state index in [1.807, 2.05) is 0 Å². The average Bonchev–Trinajstić information content (AvgIpc) is 2.53. The van der Waals surface area contributed by atoms with Gasteiger partial charge in [-0.2, -0.15) is 5.10 Å². The largest absolute Gasteiger partial charge is 0.325 e. The highest BCUT2D eigenvalue weighted by Gasteiger charge is 2.25. The molecule has 0 aromatic carbocycles. The first kappa shape index (κ1) is 12.1. The molecule has 2 N–H and O–H groups in total. The van der Waals surface area contributed by atoms with Crippen LogP contribution in [0.3, 0.4) is 0 Å². The van der Waals surface area contributed by atoms with Gasteiger partial charge in [0, 0.05) is 32.2 Å². The minimum atomic E-state index is 0.363. The average molecular weight is 287 g/mol. The van der Waals surface area contributed by atoms with E-state index in [1.54, 1.807) is 0 Å². The summed E-state index contributed by atoms with van der Waals surface area (Å²) in [6.45, 7) is 8.15. The molecule has 1 aromatic heterocycles. The monoisotopic (exact) mass is 286 g/mol. The van der Waals surface area contributed by atoms with E-state index in [-0.39, 0.29) is 0 Å². The molecular formula is C11H19BrN4. The quantitative estimate of drug-likeness (QED) is 0.910. The predicted molar refractivity (Wildman–Crippen MR) is 68.2 cm³/mol. The minimum Gasteiger partial charge on any atom is -0.325 e. The van der Waals surface area contributed by atoms with E-state index >= 15 is 0 Å². The van der Waals surface area contributed by atoms with Crippen LogP contribution < -0.4 is 5.73 Å². The maximum absolute atomic E-state index is 5.79. The van der Waals surface area contributed by atoms with Gasteiger partial charge in [0.05, 0.1) is 15.9 Å². The lowest BCUT2D eigenvalue weighted by atomic mass is 10.1. The van der Waals surface area contributed by atoms with Crippen molar-refractivity contribution in [2.24, 2.45) is 5.73 Å². The van der Waals surface area contributed by atoms with Gasteiger partial charge in [-0.05, 0) is 29.3 Å². The van der Waals surface area contributed by atoms with Crippen LogP contribution in [0.1, 0.15) is 25.2 Å². The van der Waals surface area contributed by atoms with Crippen molar-refractivity contribution in [1.82, 2.24) is 14.7 Å². The van der Waals surface area contributed by atoms with E-state index in [2.05, 4.69) is 44.5 Å². The first-order chi connectivity index (χ1) is 7.65. The molecule has 0 atom stereocenters. The minimum absolute atomic E-state index is 0.363. The summed E-state index contributed by atoms with van der Waals surface area (Å²) in [5.74, 6) is 0. The fourth-order valence-corrected chi connectivity index (χ4v) is 2.81. The highest BCUT2D eigenvalue weighted by atomic mass is 79.9. The molecule has 90 valence electrons. The third kappa shape index (κ3) is 2.17. The van der Waals surface area contributed by atoms with Crippen molar-refractivity contribution in [3.05, 3.63) is 15.9 Å². The third-order valence-corrected chi connectivity index (χ3v) is 3.97. The van der Waals surface area contributed by atoms with Gasteiger partial charge in [-0.1, -0.05) is 6.92 Å². The number of likely N-dealkylation sites (tertiary alicyclic amines) is 1. The van der Waals surface area contributed by atoms with E-state index in [1.165, 1.54) is 10.2 Å². The Bertz CT molecular complexity index is 368. The second-order valence-electron chi connectivity index (χ2n) is 4.33. The molecule has 0 radical (unpaired) electrons. The maximum Gasteiger partial charge on any atom is 0.0767 e. The molecule has 2 rings (SSSR count). The summed E-state index contributed by atoms with van der Waals surface area (Å²) in [5, 5.41) is 4.59. The first-order valence-electron chi connectivity index (χ1n) is 5.87. The fourth-order valence-electron chi connectivity index (χ4n) is 2.12. The number of aryl methyl sites for hydroxylation is 2. The van der Waals surface area contributed by atoms with Gasteiger partial charge < -0.3 is 5.73 Å². The number of halogens is 1. The second-order valence-corrected chi connectivity index (χ2v) is 5.12. The van der Waals surface area contributed by atoms with Crippen molar-refractivity contribution < 1.29 is 0 Å². The highest BCUT2D eigenvalue weighted by molar-refractivity contribution is 9.10. The lowest BCUT2D eigenvalue weighted by Gasteiger charge is -2.36. The van der Waals surface area contributed by atoms with E-state index in [9.17, 15) is 0 Å². The smallest absolute Gasteiger partial charge is 0.0767 e. The van der Waals surface area contributed by atoms with E-state index in [0.29, 0.717) is 6.04 Å². The predicted octanol–water partition coefficient (Wildman–Crippen LogP) is 1.37. The Hall–Kier alpha value is -0.390. The van der Waals surface area contributed by atoms with E-state index in [0.717, 1.165) is 38.3 Å². The molecule has 0 bridgehead atoms. The van der Waals surface area contributed by atoms with Crippen LogP contribution in [-0.2, 0) is 19.5 Å². The first-order valence-corrected chi connectivity index (χ1v) is 6.67. The van der Waals surface area contributed by atoms with Crippen molar-refractivity contribution >= 4 is 15.9 Å². The van der Waals surface area contributed by atoms with Gasteiger partial charge in [-0.15, -0.1) is 0 Å². The Kier molecular flexibility index (Phi) is 3.66. The molecule has 1 aliphatic rings. The number of hydrogen-bond donors (Lipinski definition) is 1. The molecule has 0 aliphatic carbocycles. The van der Waals surface area contributed by atoms with Gasteiger partial charge in [0.25, 0.3) is 0 Å². The van der Waals surface area contributed by atoms with Crippen LogP contribution in [0.2, 0.25) is 0 Å². The Morgan fingerprint density at radius 3 is 2.62 bits per heavy atom. The van der Waals surface area contributed by atoms with Crippen LogP contribution in [-0.4, -0.2) is 33.8 Å². The zero-order chi connectivity index (χ0) is 11.7. The summed E-state index contributed by atoms with van der Waals surface area (Å²) >= 11 is 3.66. The normalized spacial score (nSPS) is 17.8. The summed E-state index contributed by atoms with van der Waals surface area (Å²) in [5.41, 5.74) is 8.22. The van der Waals surface area contributed by atoms with Crippen LogP contribution in [0.25, 0.3) is 0 Å². The summed E-state index contributed by atoms with van der Waals surface area (Å²) in [4.78, 5) is 2.36. The van der Waals surface area contributed by atoms with Gasteiger partial charge in [-0.3, -0.25) is 9.58 Å². The zero-order valence-corrected chi connectivity index (χ0v) is 11.5. The van der Waals surface area contributed by atoms with Crippen molar-refractivity contribution in [2.75, 3.05) is 13.1 Å². The van der Waals surface area contributed by atoms with Crippen LogP contribution in [0, 0.1) is 0 Å². The number of rotatable bonds is 4. The van der Waals surface area contributed by atoms with E-state index < -0.39 is 0 Å². The van der Waals surface area contributed by atoms with Crippen molar-refractivity contribution in [2.45, 2.75) is 39.4 Å². The molecule has 16 heavy (non-hydrogen) atoms. The second kappa shape index (κ2) is 4.85. The molecule has 1 aromatic rings. The molecule has 4 nitrogen and oxygen atoms in total. The van der Waals surface area contributed by atoms with E-state index in [4.69, 9.17) is 5.73 Å². The standard InChI is InChI=1S/C11H19BrN4/c1-3-9-11(12)10(16(4-2)14-9)7-15-5-8(13)6-15/h8H,3-7,13H2,1-2H3. The molecule has 2 heterocycles. The van der Waals surface area contributed by atoms with Crippen LogP contribution in [0.5, 0.6) is 0 Å². The Morgan fingerprint density at radius 2 is 2.12 bits per heavy atom. The Labute approximate surface area is 105 Å². The van der Waals surface area contributed by atoms with Crippen LogP contribution in [0.4, 0.5) is 0 Å². The lowest BCUT2D eigenvalue weighted by molar-refractivity contribution is 0.138. The summed E-state index contributed by atoms with van der Waals surface area (Å²) in [6.07, 6.45) is 0.972. The molecule has 0 spiro atoms. The molecule has 1 aliphatic heterocycles. The molecule has 0 amide bonds. The van der Waals surface area contributed by atoms with Crippen LogP contribution in [0.15, 0.2) is 4.47 Å². The number of nitrogens with two attached hydrogens (primary N) is 1. The van der Waals surface area contributed by atoms with Gasteiger partial charge >= 0.3 is 0 Å². The SMILES string of the molecule is CCc1nn(CC)c(CN2CC(N)C2)c1Br. The van der Waals surface area contributed by atoms with Gasteiger partial charge in [0.15, 0.2) is 0 Å². The fraction of sp³-hybridized carbons (Fsp3) is 0.727. The van der Waals surface area contributed by atoms with Crippen molar-refractivity contribution in [3.8, 4) is 0 Å². The third-order valence-electron chi connectivity index (χ3n) is 3.05.